The molecule has 0 amide bonds. The number of aromatic nitrogens is 2. The van der Waals surface area contributed by atoms with Crippen LogP contribution in [0.15, 0.2) is 92.6 Å². The summed E-state index contributed by atoms with van der Waals surface area (Å²) in [7, 11) is 0. The normalized spacial score (nSPS) is 11.4. The van der Waals surface area contributed by atoms with E-state index < -0.39 is 0 Å². The van der Waals surface area contributed by atoms with Crippen LogP contribution in [0, 0.1) is 0 Å². The van der Waals surface area contributed by atoms with Crippen molar-refractivity contribution in [2.24, 2.45) is 0 Å². The molecule has 0 saturated carbocycles. The van der Waals surface area contributed by atoms with Gasteiger partial charge in [-0.15, -0.1) is 0 Å². The van der Waals surface area contributed by atoms with Crippen LogP contribution in [-0.4, -0.2) is 9.97 Å². The lowest BCUT2D eigenvalue weighted by Crippen LogP contribution is -1.93. The molecule has 0 aliphatic carbocycles. The third-order valence-electron chi connectivity index (χ3n) is 4.67. The third kappa shape index (κ3) is 4.67. The fourth-order valence-electron chi connectivity index (χ4n) is 3.16. The molecule has 5 rings (SSSR count). The molecule has 32 heavy (non-hydrogen) atoms. The van der Waals surface area contributed by atoms with E-state index in [4.69, 9.17) is 56.4 Å². The molecule has 4 aromatic carbocycles. The zero-order valence-corrected chi connectivity index (χ0v) is 20.8. The first-order valence-electron chi connectivity index (χ1n) is 9.42. The number of rotatable bonds is 4. The van der Waals surface area contributed by atoms with Gasteiger partial charge in [-0.2, -0.15) is 0 Å². The predicted octanol–water partition coefficient (Wildman–Crippen LogP) is 9.70. The summed E-state index contributed by atoms with van der Waals surface area (Å²) in [6, 6.07) is 22.9. The van der Waals surface area contributed by atoms with Crippen LogP contribution in [0.1, 0.15) is 0 Å². The molecule has 0 atom stereocenters. The lowest BCUT2D eigenvalue weighted by Gasteiger charge is -2.12. The molecule has 0 bridgehead atoms. The molecule has 1 heterocycles. The van der Waals surface area contributed by atoms with Crippen LogP contribution in [0.2, 0.25) is 20.1 Å². The van der Waals surface area contributed by atoms with Gasteiger partial charge in [0, 0.05) is 19.8 Å². The minimum absolute atomic E-state index is 0.594. The molecule has 1 aromatic heterocycles. The molecule has 0 saturated heterocycles. The highest BCUT2D eigenvalue weighted by atomic mass is 35.5. The van der Waals surface area contributed by atoms with Gasteiger partial charge in [0.05, 0.1) is 21.1 Å². The third-order valence-corrected chi connectivity index (χ3v) is 8.22. The molecule has 0 spiro atoms. The van der Waals surface area contributed by atoms with E-state index in [9.17, 15) is 0 Å². The highest BCUT2D eigenvalue weighted by Gasteiger charge is 2.16. The van der Waals surface area contributed by atoms with Crippen molar-refractivity contribution in [3.05, 3.63) is 92.9 Å². The number of hydrogen-bond acceptors (Lipinski definition) is 4. The Kier molecular flexibility index (Phi) is 6.44. The monoisotopic (exact) mass is 532 g/mol. The molecule has 158 valence electrons. The first-order valence-corrected chi connectivity index (χ1v) is 12.6. The van der Waals surface area contributed by atoms with Crippen LogP contribution >= 0.6 is 69.9 Å². The van der Waals surface area contributed by atoms with Crippen molar-refractivity contribution in [3.63, 3.8) is 0 Å². The van der Waals surface area contributed by atoms with Crippen molar-refractivity contribution < 1.29 is 0 Å². The molecular formula is C24H12Cl4N2S2. The van der Waals surface area contributed by atoms with Gasteiger partial charge >= 0.3 is 0 Å². The standard InChI is InChI=1S/C24H12Cl4N2S2/c25-15-5-7-17(27)21(11-15)31-23-24(32-22-12-16(26)6-8-18(22)28)30-20-10-14-4-2-1-3-13(14)9-19(20)29-23/h1-12H. The lowest BCUT2D eigenvalue weighted by atomic mass is 10.1. The second kappa shape index (κ2) is 9.30. The summed E-state index contributed by atoms with van der Waals surface area (Å²) in [6.45, 7) is 0. The molecule has 0 aliphatic heterocycles. The van der Waals surface area contributed by atoms with Crippen molar-refractivity contribution in [3.8, 4) is 0 Å². The van der Waals surface area contributed by atoms with E-state index in [1.165, 1.54) is 23.5 Å². The highest BCUT2D eigenvalue weighted by Crippen LogP contribution is 2.43. The Hall–Kier alpha value is -1.66. The van der Waals surface area contributed by atoms with E-state index in [1.807, 2.05) is 36.4 Å². The first kappa shape index (κ1) is 22.1. The molecule has 0 unspecified atom stereocenters. The molecule has 0 N–H and O–H groups in total. The maximum absolute atomic E-state index is 6.43. The van der Waals surface area contributed by atoms with Gasteiger partial charge in [-0.05, 0) is 59.3 Å². The molecule has 5 aromatic rings. The topological polar surface area (TPSA) is 25.8 Å². The predicted molar refractivity (Wildman–Crippen MR) is 138 cm³/mol. The molecule has 0 aliphatic rings. The fraction of sp³-hybridized carbons (Fsp3) is 0. The summed E-state index contributed by atoms with van der Waals surface area (Å²) >= 11 is 28.1. The van der Waals surface area contributed by atoms with Crippen LogP contribution < -0.4 is 0 Å². The van der Waals surface area contributed by atoms with Crippen LogP contribution in [-0.2, 0) is 0 Å². The quantitative estimate of drug-likeness (QED) is 0.215. The van der Waals surface area contributed by atoms with Crippen molar-refractivity contribution in [2.75, 3.05) is 0 Å². The fourth-order valence-corrected chi connectivity index (χ4v) is 6.03. The van der Waals surface area contributed by atoms with Gasteiger partial charge in [0.25, 0.3) is 0 Å². The van der Waals surface area contributed by atoms with E-state index in [0.717, 1.165) is 31.6 Å². The van der Waals surface area contributed by atoms with E-state index in [1.54, 1.807) is 24.3 Å². The van der Waals surface area contributed by atoms with Crippen LogP contribution in [0.5, 0.6) is 0 Å². The highest BCUT2D eigenvalue weighted by molar-refractivity contribution is 8.02. The van der Waals surface area contributed by atoms with Gasteiger partial charge in [0.1, 0.15) is 10.1 Å². The summed E-state index contributed by atoms with van der Waals surface area (Å²) in [4.78, 5) is 11.5. The van der Waals surface area contributed by atoms with E-state index in [-0.39, 0.29) is 0 Å². The molecular weight excluding hydrogens is 522 g/mol. The Bertz CT molecular complexity index is 1380. The Morgan fingerprint density at radius 2 is 0.969 bits per heavy atom. The lowest BCUT2D eigenvalue weighted by molar-refractivity contribution is 0.969. The first-order chi connectivity index (χ1) is 15.5. The van der Waals surface area contributed by atoms with Crippen molar-refractivity contribution >= 4 is 91.7 Å². The summed E-state index contributed by atoms with van der Waals surface area (Å²) < 4.78 is 0. The van der Waals surface area contributed by atoms with Crippen molar-refractivity contribution in [2.45, 2.75) is 19.8 Å². The van der Waals surface area contributed by atoms with E-state index in [0.29, 0.717) is 30.1 Å². The van der Waals surface area contributed by atoms with Crippen LogP contribution in [0.4, 0.5) is 0 Å². The maximum Gasteiger partial charge on any atom is 0.134 e. The van der Waals surface area contributed by atoms with Gasteiger partial charge < -0.3 is 0 Å². The number of hydrogen-bond donors (Lipinski definition) is 0. The zero-order valence-electron chi connectivity index (χ0n) is 16.2. The number of nitrogens with zero attached hydrogens (tertiary/aromatic N) is 2. The minimum atomic E-state index is 0.594. The van der Waals surface area contributed by atoms with Gasteiger partial charge in [-0.3, -0.25) is 0 Å². The largest absolute Gasteiger partial charge is 0.237 e. The smallest absolute Gasteiger partial charge is 0.134 e. The average Bonchev–Trinajstić information content (AvgIpc) is 2.78. The molecule has 0 fully saturated rings. The number of halogens is 4. The Morgan fingerprint density at radius 3 is 1.41 bits per heavy atom. The SMILES string of the molecule is Clc1ccc(Cl)c(Sc2nc3cc4ccccc4cc3nc2Sc2cc(Cl)ccc2Cl)c1. The molecule has 8 heteroatoms. The average molecular weight is 534 g/mol. The zero-order chi connectivity index (χ0) is 22.2. The van der Waals surface area contributed by atoms with Gasteiger partial charge in [-0.1, -0.05) is 94.2 Å². The Labute approximate surface area is 213 Å². The summed E-state index contributed by atoms with van der Waals surface area (Å²) in [5.74, 6) is 0. The van der Waals surface area contributed by atoms with Gasteiger partial charge in [0.2, 0.25) is 0 Å². The Balaban J connectivity index is 1.68. The van der Waals surface area contributed by atoms with Crippen molar-refractivity contribution in [1.29, 1.82) is 0 Å². The second-order valence-corrected chi connectivity index (χ2v) is 10.6. The van der Waals surface area contributed by atoms with Crippen LogP contribution in [0.25, 0.3) is 21.8 Å². The summed E-state index contributed by atoms with van der Waals surface area (Å²) in [6.07, 6.45) is 0. The van der Waals surface area contributed by atoms with E-state index in [2.05, 4.69) is 12.1 Å². The van der Waals surface area contributed by atoms with Crippen LogP contribution in [0.3, 0.4) is 0 Å². The Morgan fingerprint density at radius 1 is 0.531 bits per heavy atom. The maximum atomic E-state index is 6.43. The number of benzene rings is 4. The minimum Gasteiger partial charge on any atom is -0.237 e. The molecule has 2 nitrogen and oxygen atoms in total. The summed E-state index contributed by atoms with van der Waals surface area (Å²) in [5, 5.41) is 6.00. The van der Waals surface area contributed by atoms with E-state index >= 15 is 0 Å². The van der Waals surface area contributed by atoms with Gasteiger partial charge in [-0.25, -0.2) is 9.97 Å². The molecule has 0 radical (unpaired) electrons. The second-order valence-electron chi connectivity index (χ2n) is 6.88. The van der Waals surface area contributed by atoms with Gasteiger partial charge in [0.15, 0.2) is 0 Å². The summed E-state index contributed by atoms with van der Waals surface area (Å²) in [5.41, 5.74) is 1.59. The van der Waals surface area contributed by atoms with Crippen molar-refractivity contribution in [1.82, 2.24) is 9.97 Å². The number of fused-ring (bicyclic) bond motifs is 2.